The molecule has 1 rings (SSSR count). The number of anilines is 2. The first-order valence-electron chi connectivity index (χ1n) is 6.35. The Morgan fingerprint density at radius 3 is 2.47 bits per heavy atom. The van der Waals surface area contributed by atoms with E-state index in [9.17, 15) is 10.1 Å². The van der Waals surface area contributed by atoms with Crippen molar-refractivity contribution in [3.8, 4) is 0 Å². The molecule has 0 spiro atoms. The van der Waals surface area contributed by atoms with E-state index in [1.807, 2.05) is 6.07 Å². The molecule has 0 unspecified atom stereocenters. The molecule has 0 bridgehead atoms. The number of nitrogens with one attached hydrogen (secondary N) is 2. The fraction of sp³-hybridized carbons (Fsp3) is 0.538. The van der Waals surface area contributed by atoms with Crippen LogP contribution >= 0.6 is 0 Å². The Morgan fingerprint density at radius 2 is 1.95 bits per heavy atom. The highest BCUT2D eigenvalue weighted by Crippen LogP contribution is 2.23. The molecule has 0 heterocycles. The lowest BCUT2D eigenvalue weighted by molar-refractivity contribution is -0.384. The van der Waals surface area contributed by atoms with E-state index in [2.05, 4.69) is 36.4 Å². The van der Waals surface area contributed by atoms with Crippen LogP contribution in [-0.4, -0.2) is 43.0 Å². The van der Waals surface area contributed by atoms with Gasteiger partial charge in [-0.3, -0.25) is 10.1 Å². The summed E-state index contributed by atoms with van der Waals surface area (Å²) in [5, 5.41) is 17.0. The average molecular weight is 266 g/mol. The largest absolute Gasteiger partial charge is 0.388 e. The molecule has 6 nitrogen and oxygen atoms in total. The highest BCUT2D eigenvalue weighted by atomic mass is 16.6. The lowest BCUT2D eigenvalue weighted by Gasteiger charge is -2.21. The van der Waals surface area contributed by atoms with E-state index in [1.165, 1.54) is 6.07 Å². The zero-order valence-electron chi connectivity index (χ0n) is 11.9. The van der Waals surface area contributed by atoms with E-state index in [-0.39, 0.29) is 10.6 Å². The maximum Gasteiger partial charge on any atom is 0.273 e. The van der Waals surface area contributed by atoms with Crippen LogP contribution in [0.5, 0.6) is 0 Å². The fourth-order valence-electron chi connectivity index (χ4n) is 1.60. The summed E-state index contributed by atoms with van der Waals surface area (Å²) in [7, 11) is 3.80. The maximum absolute atomic E-state index is 10.8. The Morgan fingerprint density at radius 1 is 1.32 bits per heavy atom. The molecule has 19 heavy (non-hydrogen) atoms. The van der Waals surface area contributed by atoms with E-state index in [1.54, 1.807) is 13.1 Å². The van der Waals surface area contributed by atoms with E-state index in [4.69, 9.17) is 0 Å². The molecular weight excluding hydrogens is 244 g/mol. The van der Waals surface area contributed by atoms with Crippen LogP contribution in [0.3, 0.4) is 0 Å². The van der Waals surface area contributed by atoms with E-state index in [0.717, 1.165) is 24.5 Å². The molecule has 0 aliphatic carbocycles. The van der Waals surface area contributed by atoms with Crippen molar-refractivity contribution < 1.29 is 4.92 Å². The van der Waals surface area contributed by atoms with Crippen LogP contribution in [-0.2, 0) is 0 Å². The maximum atomic E-state index is 10.8. The highest BCUT2D eigenvalue weighted by Gasteiger charge is 2.09. The smallest absolute Gasteiger partial charge is 0.273 e. The number of hydrogen-bond donors (Lipinski definition) is 2. The van der Waals surface area contributed by atoms with Crippen molar-refractivity contribution in [1.82, 2.24) is 4.90 Å². The molecule has 106 valence electrons. The topological polar surface area (TPSA) is 70.4 Å². The second-order valence-electron chi connectivity index (χ2n) is 4.78. The van der Waals surface area contributed by atoms with Crippen LogP contribution in [0.1, 0.15) is 13.8 Å². The van der Waals surface area contributed by atoms with Crippen LogP contribution in [0, 0.1) is 10.1 Å². The second-order valence-corrected chi connectivity index (χ2v) is 4.78. The van der Waals surface area contributed by atoms with Gasteiger partial charge in [0.25, 0.3) is 5.69 Å². The van der Waals surface area contributed by atoms with Gasteiger partial charge in [0, 0.05) is 49.7 Å². The average Bonchev–Trinajstić information content (AvgIpc) is 2.37. The third kappa shape index (κ3) is 4.75. The standard InChI is InChI=1S/C13H22N4O2/c1-10(2)16(4)6-5-15-12-7-11(14-3)8-13(9-12)17(18)19/h7-10,14-15H,5-6H2,1-4H3. The van der Waals surface area contributed by atoms with Crippen molar-refractivity contribution in [2.24, 2.45) is 0 Å². The Kier molecular flexibility index (Phi) is 5.57. The Hall–Kier alpha value is -1.82. The summed E-state index contributed by atoms with van der Waals surface area (Å²) in [6, 6.07) is 5.42. The summed E-state index contributed by atoms with van der Waals surface area (Å²) in [5.41, 5.74) is 1.58. The minimum absolute atomic E-state index is 0.0894. The third-order valence-corrected chi connectivity index (χ3v) is 3.09. The van der Waals surface area contributed by atoms with Gasteiger partial charge in [-0.05, 0) is 27.0 Å². The molecular formula is C13H22N4O2. The SMILES string of the molecule is CNc1cc(NCCN(C)C(C)C)cc([N+](=O)[O-])c1. The monoisotopic (exact) mass is 266 g/mol. The molecule has 2 N–H and O–H groups in total. The van der Waals surface area contributed by atoms with Crippen LogP contribution < -0.4 is 10.6 Å². The first-order chi connectivity index (χ1) is 8.93. The fourth-order valence-corrected chi connectivity index (χ4v) is 1.60. The van der Waals surface area contributed by atoms with Gasteiger partial charge in [-0.1, -0.05) is 0 Å². The van der Waals surface area contributed by atoms with Crippen molar-refractivity contribution >= 4 is 17.1 Å². The number of nitro benzene ring substituents is 1. The molecule has 0 aliphatic rings. The van der Waals surface area contributed by atoms with E-state index >= 15 is 0 Å². The van der Waals surface area contributed by atoms with Gasteiger partial charge >= 0.3 is 0 Å². The molecule has 1 aromatic rings. The first kappa shape index (κ1) is 15.2. The number of hydrogen-bond acceptors (Lipinski definition) is 5. The van der Waals surface area contributed by atoms with Crippen LogP contribution in [0.2, 0.25) is 0 Å². The zero-order valence-corrected chi connectivity index (χ0v) is 11.9. The van der Waals surface area contributed by atoms with Gasteiger partial charge in [-0.2, -0.15) is 0 Å². The molecule has 0 radical (unpaired) electrons. The van der Waals surface area contributed by atoms with Crippen LogP contribution in [0.4, 0.5) is 17.1 Å². The highest BCUT2D eigenvalue weighted by molar-refractivity contribution is 5.63. The van der Waals surface area contributed by atoms with Gasteiger partial charge < -0.3 is 15.5 Å². The summed E-state index contributed by atoms with van der Waals surface area (Å²) < 4.78 is 0. The van der Waals surface area contributed by atoms with Crippen LogP contribution in [0.15, 0.2) is 18.2 Å². The van der Waals surface area contributed by atoms with Gasteiger partial charge in [-0.15, -0.1) is 0 Å². The molecule has 0 saturated heterocycles. The minimum Gasteiger partial charge on any atom is -0.388 e. The lowest BCUT2D eigenvalue weighted by Crippen LogP contribution is -2.31. The first-order valence-corrected chi connectivity index (χ1v) is 6.35. The molecule has 1 aromatic carbocycles. The van der Waals surface area contributed by atoms with Gasteiger partial charge in [0.1, 0.15) is 0 Å². The Bertz CT molecular complexity index is 435. The second kappa shape index (κ2) is 6.94. The van der Waals surface area contributed by atoms with E-state index in [0.29, 0.717) is 6.04 Å². The Balaban J connectivity index is 2.67. The number of non-ortho nitro benzene ring substituents is 1. The molecule has 0 aromatic heterocycles. The molecule has 0 fully saturated rings. The van der Waals surface area contributed by atoms with Crippen molar-refractivity contribution in [1.29, 1.82) is 0 Å². The van der Waals surface area contributed by atoms with Gasteiger partial charge in [0.2, 0.25) is 0 Å². The van der Waals surface area contributed by atoms with Crippen LogP contribution in [0.25, 0.3) is 0 Å². The van der Waals surface area contributed by atoms with Gasteiger partial charge in [-0.25, -0.2) is 0 Å². The number of rotatable bonds is 7. The summed E-state index contributed by atoms with van der Waals surface area (Å²) in [5.74, 6) is 0. The lowest BCUT2D eigenvalue weighted by atomic mass is 10.2. The molecule has 0 aliphatic heterocycles. The van der Waals surface area contributed by atoms with Gasteiger partial charge in [0.05, 0.1) is 4.92 Å². The minimum atomic E-state index is -0.383. The number of likely N-dealkylation sites (N-methyl/N-ethyl adjacent to an activating group) is 1. The predicted molar refractivity (Wildman–Crippen MR) is 78.9 cm³/mol. The Labute approximate surface area is 113 Å². The molecule has 0 amide bonds. The molecule has 0 atom stereocenters. The van der Waals surface area contributed by atoms with Gasteiger partial charge in [0.15, 0.2) is 0 Å². The summed E-state index contributed by atoms with van der Waals surface area (Å²) in [6.45, 7) is 5.90. The normalized spacial score (nSPS) is 10.8. The summed E-state index contributed by atoms with van der Waals surface area (Å²) in [6.07, 6.45) is 0. The quantitative estimate of drug-likeness (QED) is 0.585. The van der Waals surface area contributed by atoms with Crippen molar-refractivity contribution in [3.05, 3.63) is 28.3 Å². The number of nitrogens with zero attached hydrogens (tertiary/aromatic N) is 2. The number of benzene rings is 1. The third-order valence-electron chi connectivity index (χ3n) is 3.09. The number of nitro groups is 1. The van der Waals surface area contributed by atoms with Crippen molar-refractivity contribution in [2.45, 2.75) is 19.9 Å². The molecule has 0 saturated carbocycles. The van der Waals surface area contributed by atoms with E-state index < -0.39 is 0 Å². The summed E-state index contributed by atoms with van der Waals surface area (Å²) in [4.78, 5) is 12.7. The summed E-state index contributed by atoms with van der Waals surface area (Å²) >= 11 is 0. The zero-order chi connectivity index (χ0) is 14.4. The molecule has 6 heteroatoms. The predicted octanol–water partition coefficient (Wildman–Crippen LogP) is 2.39. The van der Waals surface area contributed by atoms with Crippen molar-refractivity contribution in [2.75, 3.05) is 37.8 Å². The van der Waals surface area contributed by atoms with Crippen molar-refractivity contribution in [3.63, 3.8) is 0 Å².